The molecule has 0 aliphatic carbocycles. The van der Waals surface area contributed by atoms with E-state index >= 15 is 0 Å². The first kappa shape index (κ1) is 23.9. The van der Waals surface area contributed by atoms with E-state index in [9.17, 15) is 14.4 Å². The molecule has 0 aromatic heterocycles. The minimum atomic E-state index is -0.868. The van der Waals surface area contributed by atoms with E-state index in [4.69, 9.17) is 21.7 Å². The van der Waals surface area contributed by atoms with Crippen molar-refractivity contribution in [2.45, 2.75) is 19.1 Å². The highest BCUT2D eigenvalue weighted by Crippen LogP contribution is 2.18. The topological polar surface area (TPSA) is 97.0 Å². The van der Waals surface area contributed by atoms with E-state index < -0.39 is 17.9 Å². The number of rotatable bonds is 7. The van der Waals surface area contributed by atoms with Crippen molar-refractivity contribution < 1.29 is 23.9 Å². The van der Waals surface area contributed by atoms with Crippen LogP contribution < -0.4 is 15.4 Å². The van der Waals surface area contributed by atoms with E-state index in [1.165, 1.54) is 11.0 Å². The third kappa shape index (κ3) is 6.88. The summed E-state index contributed by atoms with van der Waals surface area (Å²) in [5.41, 5.74) is 1.58. The van der Waals surface area contributed by atoms with Crippen molar-refractivity contribution in [3.05, 3.63) is 71.8 Å². The van der Waals surface area contributed by atoms with E-state index in [-0.39, 0.29) is 24.0 Å². The molecule has 2 N–H and O–H groups in total. The summed E-state index contributed by atoms with van der Waals surface area (Å²) in [6, 6.07) is 15.7. The molecule has 33 heavy (non-hydrogen) atoms. The number of nitrogens with one attached hydrogen (secondary N) is 2. The van der Waals surface area contributed by atoms with Gasteiger partial charge in [-0.2, -0.15) is 0 Å². The van der Waals surface area contributed by atoms with Gasteiger partial charge in [0.05, 0.1) is 13.5 Å². The number of amides is 2. The second kappa shape index (κ2) is 11.8. The van der Waals surface area contributed by atoms with Crippen LogP contribution in [0, 0.1) is 0 Å². The molecule has 172 valence electrons. The lowest BCUT2D eigenvalue weighted by Gasteiger charge is -2.36. The van der Waals surface area contributed by atoms with Gasteiger partial charge in [0.2, 0.25) is 11.8 Å². The van der Waals surface area contributed by atoms with Gasteiger partial charge in [-0.25, -0.2) is 0 Å². The molecular formula is C24H25N3O5S. The number of thiocarbonyl (C=S) groups is 1. The van der Waals surface area contributed by atoms with Gasteiger partial charge >= 0.3 is 5.97 Å². The maximum absolute atomic E-state index is 12.4. The van der Waals surface area contributed by atoms with Crippen molar-refractivity contribution in [2.75, 3.05) is 20.2 Å². The van der Waals surface area contributed by atoms with Crippen molar-refractivity contribution >= 4 is 41.2 Å². The van der Waals surface area contributed by atoms with Crippen molar-refractivity contribution in [2.24, 2.45) is 0 Å². The molecule has 0 spiro atoms. The second-order valence-corrected chi connectivity index (χ2v) is 7.61. The Kier molecular flexibility index (Phi) is 8.54. The molecule has 2 aromatic carbocycles. The molecule has 0 radical (unpaired) electrons. The second-order valence-electron chi connectivity index (χ2n) is 7.22. The van der Waals surface area contributed by atoms with Crippen LogP contribution in [-0.4, -0.2) is 54.0 Å². The molecule has 1 aliphatic rings. The quantitative estimate of drug-likeness (QED) is 0.365. The minimum Gasteiger partial charge on any atom is -0.496 e. The van der Waals surface area contributed by atoms with Crippen LogP contribution in [0.4, 0.5) is 0 Å². The highest BCUT2D eigenvalue weighted by Gasteiger charge is 2.34. The number of nitrogens with zero attached hydrogens (tertiary/aromatic N) is 1. The number of carbonyl (C=O) groups excluding carboxylic acids is 3. The van der Waals surface area contributed by atoms with Gasteiger partial charge in [-0.1, -0.05) is 48.5 Å². The van der Waals surface area contributed by atoms with Crippen molar-refractivity contribution in [3.63, 3.8) is 0 Å². The van der Waals surface area contributed by atoms with Crippen LogP contribution in [-0.2, 0) is 25.7 Å². The van der Waals surface area contributed by atoms with Gasteiger partial charge in [0, 0.05) is 24.7 Å². The number of benzene rings is 2. The van der Waals surface area contributed by atoms with Gasteiger partial charge in [-0.15, -0.1) is 0 Å². The number of piperazine rings is 1. The summed E-state index contributed by atoms with van der Waals surface area (Å²) in [5.74, 6) is -0.705. The maximum Gasteiger partial charge on any atom is 0.308 e. The molecule has 2 aromatic rings. The summed E-state index contributed by atoms with van der Waals surface area (Å²) >= 11 is 5.36. The fourth-order valence-corrected chi connectivity index (χ4v) is 3.62. The maximum atomic E-state index is 12.4. The number of carbonyl (C=O) groups is 3. The summed E-state index contributed by atoms with van der Waals surface area (Å²) in [7, 11) is 1.55. The lowest BCUT2D eigenvalue weighted by molar-refractivity contribution is -0.148. The Bertz CT molecular complexity index is 1040. The van der Waals surface area contributed by atoms with Crippen LogP contribution in [0.2, 0.25) is 0 Å². The highest BCUT2D eigenvalue weighted by molar-refractivity contribution is 7.80. The third-order valence-corrected chi connectivity index (χ3v) is 5.31. The van der Waals surface area contributed by atoms with Gasteiger partial charge in [-0.05, 0) is 29.9 Å². The molecule has 1 atom stereocenters. The van der Waals surface area contributed by atoms with Crippen LogP contribution in [0.25, 0.3) is 6.08 Å². The molecule has 1 saturated heterocycles. The van der Waals surface area contributed by atoms with Crippen LogP contribution in [0.15, 0.2) is 60.7 Å². The Morgan fingerprint density at radius 1 is 1.18 bits per heavy atom. The molecule has 0 bridgehead atoms. The van der Waals surface area contributed by atoms with Crippen LogP contribution in [0.3, 0.4) is 0 Å². The van der Waals surface area contributed by atoms with Gasteiger partial charge in [0.25, 0.3) is 0 Å². The molecular weight excluding hydrogens is 442 g/mol. The average molecular weight is 468 g/mol. The first-order valence-corrected chi connectivity index (χ1v) is 10.8. The summed E-state index contributed by atoms with van der Waals surface area (Å²) < 4.78 is 10.6. The van der Waals surface area contributed by atoms with Crippen molar-refractivity contribution in [1.82, 2.24) is 15.5 Å². The Labute approximate surface area is 197 Å². The predicted octanol–water partition coefficient (Wildman–Crippen LogP) is 2.04. The van der Waals surface area contributed by atoms with Crippen LogP contribution in [0.5, 0.6) is 5.75 Å². The Hall–Kier alpha value is -3.72. The van der Waals surface area contributed by atoms with E-state index in [0.717, 1.165) is 11.1 Å². The molecule has 1 fully saturated rings. The number of hydrogen-bond donors (Lipinski definition) is 2. The number of para-hydroxylation sites is 1. The van der Waals surface area contributed by atoms with E-state index in [1.807, 2.05) is 48.5 Å². The molecule has 9 heteroatoms. The number of methoxy groups -OCH3 is 1. The average Bonchev–Trinajstić information content (AvgIpc) is 2.83. The third-order valence-electron chi connectivity index (χ3n) is 4.98. The number of esters is 1. The molecule has 1 unspecified atom stereocenters. The van der Waals surface area contributed by atoms with Gasteiger partial charge in [0.1, 0.15) is 18.4 Å². The number of hydrogen-bond acceptors (Lipinski definition) is 6. The lowest BCUT2D eigenvalue weighted by Crippen LogP contribution is -2.60. The molecule has 2 amide bonds. The lowest BCUT2D eigenvalue weighted by atomic mass is 10.1. The predicted molar refractivity (Wildman–Crippen MR) is 127 cm³/mol. The Balaban J connectivity index is 1.58. The SMILES string of the molecule is COc1ccccc1/C=C/C(=O)NC(=S)N1CCNC(=O)C1CC(=O)OCc1ccccc1. The summed E-state index contributed by atoms with van der Waals surface area (Å²) in [6.07, 6.45) is 2.75. The zero-order chi connectivity index (χ0) is 23.6. The van der Waals surface area contributed by atoms with Crippen molar-refractivity contribution in [1.29, 1.82) is 0 Å². The van der Waals surface area contributed by atoms with Crippen molar-refractivity contribution in [3.8, 4) is 5.75 Å². The van der Waals surface area contributed by atoms with E-state index in [1.54, 1.807) is 19.3 Å². The summed E-state index contributed by atoms with van der Waals surface area (Å²) in [5, 5.41) is 5.39. The first-order valence-electron chi connectivity index (χ1n) is 10.4. The molecule has 1 heterocycles. The normalized spacial score (nSPS) is 15.6. The fraction of sp³-hybridized carbons (Fsp3) is 0.250. The molecule has 8 nitrogen and oxygen atoms in total. The first-order chi connectivity index (χ1) is 16.0. The van der Waals surface area contributed by atoms with E-state index in [2.05, 4.69) is 10.6 Å². The molecule has 1 aliphatic heterocycles. The Morgan fingerprint density at radius 3 is 2.67 bits per heavy atom. The highest BCUT2D eigenvalue weighted by atomic mass is 32.1. The fourth-order valence-electron chi connectivity index (χ4n) is 3.30. The van der Waals surface area contributed by atoms with Gasteiger partial charge in [-0.3, -0.25) is 19.7 Å². The zero-order valence-electron chi connectivity index (χ0n) is 18.2. The van der Waals surface area contributed by atoms with Gasteiger partial charge < -0.3 is 19.7 Å². The summed E-state index contributed by atoms with van der Waals surface area (Å²) in [4.78, 5) is 38.7. The largest absolute Gasteiger partial charge is 0.496 e. The van der Waals surface area contributed by atoms with Gasteiger partial charge in [0.15, 0.2) is 5.11 Å². The van der Waals surface area contributed by atoms with Crippen LogP contribution >= 0.6 is 12.2 Å². The molecule has 0 saturated carbocycles. The smallest absolute Gasteiger partial charge is 0.308 e. The minimum absolute atomic E-state index is 0.0698. The number of ether oxygens (including phenoxy) is 2. The van der Waals surface area contributed by atoms with E-state index in [0.29, 0.717) is 18.8 Å². The zero-order valence-corrected chi connectivity index (χ0v) is 19.0. The van der Waals surface area contributed by atoms with Crippen LogP contribution in [0.1, 0.15) is 17.5 Å². The molecule has 3 rings (SSSR count). The monoisotopic (exact) mass is 467 g/mol. The Morgan fingerprint density at radius 2 is 1.91 bits per heavy atom. The summed E-state index contributed by atoms with van der Waals surface area (Å²) in [6.45, 7) is 0.822. The standard InChI is InChI=1S/C24H25N3O5S/c1-31-20-10-6-5-9-18(20)11-12-21(28)26-24(33)27-14-13-25-23(30)19(27)15-22(29)32-16-17-7-3-2-4-8-17/h2-12,19H,13-16H2,1H3,(H,25,30)(H,26,28,33)/b12-11+.